The van der Waals surface area contributed by atoms with Gasteiger partial charge in [0.25, 0.3) is 5.91 Å². The first-order valence-electron chi connectivity index (χ1n) is 12.2. The lowest BCUT2D eigenvalue weighted by molar-refractivity contribution is -0.120. The maximum Gasteiger partial charge on any atom is 0.251 e. The van der Waals surface area contributed by atoms with Crippen molar-refractivity contribution in [2.24, 2.45) is 0 Å². The summed E-state index contributed by atoms with van der Waals surface area (Å²) in [7, 11) is 3.23. The van der Waals surface area contributed by atoms with Gasteiger partial charge in [-0.15, -0.1) is 0 Å². The average Bonchev–Trinajstić information content (AvgIpc) is 2.95. The lowest BCUT2D eigenvalue weighted by Crippen LogP contribution is -2.47. The summed E-state index contributed by atoms with van der Waals surface area (Å²) in [6.45, 7) is 3.59. The molecular formula is C27H31ClN6O3. The molecule has 2 N–H and O–H groups in total. The molecular weight excluding hydrogens is 492 g/mol. The molecule has 194 valence electrons. The van der Waals surface area contributed by atoms with Crippen LogP contribution in [0.1, 0.15) is 27.9 Å². The second-order valence-electron chi connectivity index (χ2n) is 8.73. The highest BCUT2D eigenvalue weighted by Gasteiger charge is 2.22. The number of aromatic nitrogens is 2. The van der Waals surface area contributed by atoms with E-state index in [1.165, 1.54) is 0 Å². The monoisotopic (exact) mass is 522 g/mol. The van der Waals surface area contributed by atoms with Gasteiger partial charge in [-0.25, -0.2) is 4.98 Å². The summed E-state index contributed by atoms with van der Waals surface area (Å²) in [6.07, 6.45) is 2.66. The fourth-order valence-corrected chi connectivity index (χ4v) is 4.37. The molecule has 0 aliphatic carbocycles. The first-order chi connectivity index (χ1) is 18.0. The minimum absolute atomic E-state index is 0.00169. The number of piperazine rings is 1. The van der Waals surface area contributed by atoms with Crippen LogP contribution in [0.5, 0.6) is 5.75 Å². The van der Waals surface area contributed by atoms with Crippen LogP contribution in [0.4, 0.5) is 11.5 Å². The summed E-state index contributed by atoms with van der Waals surface area (Å²) in [6, 6.07) is 15.6. The number of methoxy groups -OCH3 is 1. The van der Waals surface area contributed by atoms with E-state index >= 15 is 0 Å². The standard InChI is InChI=1S/C27H31ClN6O3/c1-29-24(35)11-8-19-6-9-21(10-7-19)26(36)30-17-20-4-3-5-22(16-20)33-12-14-34(15-13-33)25-23(37-2)18-31-27(28)32-25/h3-7,9-10,16,18H,8,11-15,17H2,1-2H3,(H,29,35)(H,30,36). The number of nitrogens with zero attached hydrogens (tertiary/aromatic N) is 4. The molecule has 1 aliphatic heterocycles. The normalized spacial score (nSPS) is 13.3. The quantitative estimate of drug-likeness (QED) is 0.417. The molecule has 1 saturated heterocycles. The van der Waals surface area contributed by atoms with Gasteiger partial charge in [-0.1, -0.05) is 24.3 Å². The Morgan fingerprint density at radius 1 is 1.03 bits per heavy atom. The molecule has 0 radical (unpaired) electrons. The highest BCUT2D eigenvalue weighted by atomic mass is 35.5. The smallest absolute Gasteiger partial charge is 0.251 e. The van der Waals surface area contributed by atoms with E-state index < -0.39 is 0 Å². The van der Waals surface area contributed by atoms with Gasteiger partial charge < -0.3 is 25.2 Å². The topological polar surface area (TPSA) is 99.7 Å². The van der Waals surface area contributed by atoms with Crippen molar-refractivity contribution < 1.29 is 14.3 Å². The summed E-state index contributed by atoms with van der Waals surface area (Å²) in [5, 5.41) is 5.81. The molecule has 2 heterocycles. The molecule has 0 saturated carbocycles. The van der Waals surface area contributed by atoms with Crippen LogP contribution in [0.2, 0.25) is 5.28 Å². The molecule has 2 amide bonds. The number of ether oxygens (including phenoxy) is 1. The fraction of sp³-hybridized carbons (Fsp3) is 0.333. The number of carbonyl (C=O) groups excluding carboxylic acids is 2. The second-order valence-corrected chi connectivity index (χ2v) is 9.07. The molecule has 9 nitrogen and oxygen atoms in total. The summed E-state index contributed by atoms with van der Waals surface area (Å²) in [4.78, 5) is 36.9. The number of amides is 2. The highest BCUT2D eigenvalue weighted by Crippen LogP contribution is 2.28. The van der Waals surface area contributed by atoms with Crippen molar-refractivity contribution in [1.29, 1.82) is 0 Å². The molecule has 4 rings (SSSR count). The van der Waals surface area contributed by atoms with Crippen molar-refractivity contribution >= 4 is 34.9 Å². The Balaban J connectivity index is 1.30. The predicted molar refractivity (Wildman–Crippen MR) is 144 cm³/mol. The van der Waals surface area contributed by atoms with Gasteiger partial charge in [0, 0.05) is 57.4 Å². The Morgan fingerprint density at radius 3 is 2.46 bits per heavy atom. The van der Waals surface area contributed by atoms with E-state index in [1.54, 1.807) is 32.5 Å². The lowest BCUT2D eigenvalue weighted by Gasteiger charge is -2.37. The zero-order valence-electron chi connectivity index (χ0n) is 21.0. The molecule has 0 atom stereocenters. The predicted octanol–water partition coefficient (Wildman–Crippen LogP) is 3.07. The molecule has 1 fully saturated rings. The van der Waals surface area contributed by atoms with E-state index in [4.69, 9.17) is 16.3 Å². The SMILES string of the molecule is CNC(=O)CCc1ccc(C(=O)NCc2cccc(N3CCN(c4nc(Cl)ncc4OC)CC3)c2)cc1. The maximum absolute atomic E-state index is 12.7. The molecule has 10 heteroatoms. The molecule has 0 unspecified atom stereocenters. The Hall–Kier alpha value is -3.85. The van der Waals surface area contributed by atoms with Crippen molar-refractivity contribution in [2.75, 3.05) is 50.1 Å². The van der Waals surface area contributed by atoms with Gasteiger partial charge in [0.05, 0.1) is 13.3 Å². The number of rotatable bonds is 9. The average molecular weight is 523 g/mol. The first-order valence-corrected chi connectivity index (χ1v) is 12.6. The minimum Gasteiger partial charge on any atom is -0.491 e. The molecule has 37 heavy (non-hydrogen) atoms. The molecule has 0 bridgehead atoms. The van der Waals surface area contributed by atoms with Gasteiger partial charge >= 0.3 is 0 Å². The zero-order valence-corrected chi connectivity index (χ0v) is 21.8. The van der Waals surface area contributed by atoms with Crippen LogP contribution in [-0.2, 0) is 17.8 Å². The van der Waals surface area contributed by atoms with Gasteiger partial charge in [0.1, 0.15) is 0 Å². The Kier molecular flexibility index (Phi) is 8.79. The van der Waals surface area contributed by atoms with Crippen molar-refractivity contribution in [3.05, 3.63) is 76.7 Å². The summed E-state index contributed by atoms with van der Waals surface area (Å²) in [5.41, 5.74) is 3.75. The third-order valence-electron chi connectivity index (χ3n) is 6.37. The van der Waals surface area contributed by atoms with E-state index in [-0.39, 0.29) is 17.1 Å². The Bertz CT molecular complexity index is 1230. The number of carbonyl (C=O) groups is 2. The van der Waals surface area contributed by atoms with Crippen LogP contribution in [0.15, 0.2) is 54.7 Å². The van der Waals surface area contributed by atoms with Gasteiger partial charge in [0.15, 0.2) is 11.6 Å². The number of aryl methyl sites for hydroxylation is 1. The molecule has 2 aromatic carbocycles. The van der Waals surface area contributed by atoms with Gasteiger partial charge in [0.2, 0.25) is 11.2 Å². The third-order valence-corrected chi connectivity index (χ3v) is 6.55. The first kappa shape index (κ1) is 26.2. The van der Waals surface area contributed by atoms with E-state index in [2.05, 4.69) is 42.5 Å². The number of hydrogen-bond acceptors (Lipinski definition) is 7. The number of benzene rings is 2. The Morgan fingerprint density at radius 2 is 1.76 bits per heavy atom. The number of halogens is 1. The number of nitrogens with one attached hydrogen (secondary N) is 2. The molecule has 0 spiro atoms. The van der Waals surface area contributed by atoms with Crippen molar-refractivity contribution in [3.63, 3.8) is 0 Å². The number of hydrogen-bond donors (Lipinski definition) is 2. The van der Waals surface area contributed by atoms with Gasteiger partial charge in [-0.2, -0.15) is 4.98 Å². The maximum atomic E-state index is 12.7. The molecule has 1 aromatic heterocycles. The van der Waals surface area contributed by atoms with Crippen LogP contribution in [0.3, 0.4) is 0 Å². The van der Waals surface area contributed by atoms with Crippen LogP contribution >= 0.6 is 11.6 Å². The Labute approximate surface area is 221 Å². The van der Waals surface area contributed by atoms with Gasteiger partial charge in [-0.3, -0.25) is 9.59 Å². The van der Waals surface area contributed by atoms with E-state index in [1.807, 2.05) is 24.3 Å². The minimum atomic E-state index is -0.130. The van der Waals surface area contributed by atoms with Crippen LogP contribution in [0.25, 0.3) is 0 Å². The van der Waals surface area contributed by atoms with Crippen molar-refractivity contribution in [2.45, 2.75) is 19.4 Å². The van der Waals surface area contributed by atoms with Crippen molar-refractivity contribution in [3.8, 4) is 5.75 Å². The van der Waals surface area contributed by atoms with E-state index in [0.717, 1.165) is 43.0 Å². The van der Waals surface area contributed by atoms with E-state index in [9.17, 15) is 9.59 Å². The number of anilines is 2. The second kappa shape index (κ2) is 12.4. The van der Waals surface area contributed by atoms with Crippen LogP contribution < -0.4 is 25.2 Å². The van der Waals surface area contributed by atoms with E-state index in [0.29, 0.717) is 36.5 Å². The molecule has 3 aromatic rings. The third kappa shape index (κ3) is 6.89. The molecule has 1 aliphatic rings. The van der Waals surface area contributed by atoms with Gasteiger partial charge in [-0.05, 0) is 53.4 Å². The summed E-state index contributed by atoms with van der Waals surface area (Å²) < 4.78 is 5.40. The summed E-state index contributed by atoms with van der Waals surface area (Å²) >= 11 is 6.00. The summed E-state index contributed by atoms with van der Waals surface area (Å²) in [5.74, 6) is 1.18. The van der Waals surface area contributed by atoms with Crippen LogP contribution in [-0.4, -0.2) is 62.1 Å². The van der Waals surface area contributed by atoms with Crippen molar-refractivity contribution in [1.82, 2.24) is 20.6 Å². The zero-order chi connectivity index (χ0) is 26.2. The largest absolute Gasteiger partial charge is 0.491 e. The fourth-order valence-electron chi connectivity index (χ4n) is 4.24. The highest BCUT2D eigenvalue weighted by molar-refractivity contribution is 6.28. The lowest BCUT2D eigenvalue weighted by atomic mass is 10.1. The van der Waals surface area contributed by atoms with Crippen LogP contribution in [0, 0.1) is 0 Å².